The molecule has 0 saturated carbocycles. The van der Waals surface area contributed by atoms with Crippen molar-refractivity contribution in [3.8, 4) is 0 Å². The van der Waals surface area contributed by atoms with Crippen LogP contribution >= 0.6 is 0 Å². The minimum absolute atomic E-state index is 0.293. The molecule has 1 rings (SSSR count). The number of rotatable bonds is 7. The Balaban J connectivity index is 2.18. The standard InChI is InChI=1S/C12H25N3O2S/c1-12(14-2,11(13)16)5-3-4-6-15-7-9-18(17)10-8-15/h14H,3-10H2,1-2H3,(H2,13,16). The van der Waals surface area contributed by atoms with Crippen molar-refractivity contribution in [1.29, 1.82) is 0 Å². The molecule has 3 N–H and O–H groups in total. The summed E-state index contributed by atoms with van der Waals surface area (Å²) in [6.07, 6.45) is 2.79. The van der Waals surface area contributed by atoms with E-state index in [1.54, 1.807) is 7.05 Å². The number of likely N-dealkylation sites (N-methyl/N-ethyl adjacent to an activating group) is 1. The number of amides is 1. The fourth-order valence-electron chi connectivity index (χ4n) is 2.08. The maximum absolute atomic E-state index is 11.3. The summed E-state index contributed by atoms with van der Waals surface area (Å²) in [6.45, 7) is 4.74. The molecule has 0 bridgehead atoms. The van der Waals surface area contributed by atoms with Crippen molar-refractivity contribution in [3.63, 3.8) is 0 Å². The number of carbonyl (C=O) groups is 1. The number of carbonyl (C=O) groups excluding carboxylic acids is 1. The van der Waals surface area contributed by atoms with E-state index in [-0.39, 0.29) is 5.91 Å². The molecule has 0 aromatic carbocycles. The van der Waals surface area contributed by atoms with Gasteiger partial charge in [-0.25, -0.2) is 0 Å². The van der Waals surface area contributed by atoms with Gasteiger partial charge in [-0.05, 0) is 39.8 Å². The second-order valence-corrected chi connectivity index (χ2v) is 6.79. The van der Waals surface area contributed by atoms with Gasteiger partial charge in [0.05, 0.1) is 5.54 Å². The zero-order valence-electron chi connectivity index (χ0n) is 11.4. The highest BCUT2D eigenvalue weighted by Crippen LogP contribution is 2.13. The maximum Gasteiger partial charge on any atom is 0.237 e. The van der Waals surface area contributed by atoms with Crippen LogP contribution in [0, 0.1) is 0 Å². The van der Waals surface area contributed by atoms with Gasteiger partial charge in [-0.3, -0.25) is 9.00 Å². The van der Waals surface area contributed by atoms with Crippen molar-refractivity contribution in [1.82, 2.24) is 10.2 Å². The fourth-order valence-corrected chi connectivity index (χ4v) is 3.21. The molecule has 18 heavy (non-hydrogen) atoms. The molecule has 0 radical (unpaired) electrons. The summed E-state index contributed by atoms with van der Waals surface area (Å²) in [4.78, 5) is 13.6. The average Bonchev–Trinajstić information content (AvgIpc) is 2.36. The first-order valence-corrected chi connectivity index (χ1v) is 8.03. The molecule has 5 nitrogen and oxygen atoms in total. The highest BCUT2D eigenvalue weighted by molar-refractivity contribution is 7.85. The summed E-state index contributed by atoms with van der Waals surface area (Å²) in [6, 6.07) is 0. The number of hydrogen-bond donors (Lipinski definition) is 2. The lowest BCUT2D eigenvalue weighted by molar-refractivity contribution is -0.123. The first kappa shape index (κ1) is 15.6. The quantitative estimate of drug-likeness (QED) is 0.625. The van der Waals surface area contributed by atoms with Crippen molar-refractivity contribution in [2.75, 3.05) is 38.2 Å². The molecule has 1 heterocycles. The van der Waals surface area contributed by atoms with Crippen molar-refractivity contribution >= 4 is 16.7 Å². The van der Waals surface area contributed by atoms with E-state index in [4.69, 9.17) is 5.73 Å². The Morgan fingerprint density at radius 3 is 2.50 bits per heavy atom. The zero-order chi connectivity index (χ0) is 13.6. The second kappa shape index (κ2) is 7.21. The first-order valence-electron chi connectivity index (χ1n) is 6.54. The van der Waals surface area contributed by atoms with Gasteiger partial charge in [0.1, 0.15) is 0 Å². The third-order valence-corrected chi connectivity index (χ3v) is 5.04. The van der Waals surface area contributed by atoms with Gasteiger partial charge in [0.2, 0.25) is 5.91 Å². The molecule has 6 heteroatoms. The molecule has 1 aliphatic heterocycles. The maximum atomic E-state index is 11.3. The third kappa shape index (κ3) is 4.66. The van der Waals surface area contributed by atoms with Gasteiger partial charge >= 0.3 is 0 Å². The Morgan fingerprint density at radius 1 is 1.39 bits per heavy atom. The SMILES string of the molecule is CNC(C)(CCCCN1CCS(=O)CC1)C(N)=O. The molecule has 1 aliphatic rings. The van der Waals surface area contributed by atoms with E-state index in [2.05, 4.69) is 10.2 Å². The van der Waals surface area contributed by atoms with Crippen LogP contribution in [0.15, 0.2) is 0 Å². The molecule has 0 aliphatic carbocycles. The van der Waals surface area contributed by atoms with Gasteiger partial charge < -0.3 is 16.0 Å². The van der Waals surface area contributed by atoms with E-state index in [1.165, 1.54) is 0 Å². The molecule has 0 spiro atoms. The van der Waals surface area contributed by atoms with Crippen LogP contribution in [0.2, 0.25) is 0 Å². The Labute approximate surface area is 112 Å². The van der Waals surface area contributed by atoms with Gasteiger partial charge in [-0.2, -0.15) is 0 Å². The summed E-state index contributed by atoms with van der Waals surface area (Å²) >= 11 is 0. The van der Waals surface area contributed by atoms with Crippen LogP contribution in [-0.4, -0.2) is 58.7 Å². The van der Waals surface area contributed by atoms with Crippen molar-refractivity contribution in [2.24, 2.45) is 5.73 Å². The summed E-state index contributed by atoms with van der Waals surface area (Å²) in [5, 5.41) is 2.99. The molecule has 0 aromatic rings. The normalized spacial score (nSPS) is 21.7. The topological polar surface area (TPSA) is 75.4 Å². The van der Waals surface area contributed by atoms with Gasteiger partial charge in [0.25, 0.3) is 0 Å². The average molecular weight is 275 g/mol. The van der Waals surface area contributed by atoms with Crippen LogP contribution < -0.4 is 11.1 Å². The second-order valence-electron chi connectivity index (χ2n) is 5.09. The monoisotopic (exact) mass is 275 g/mol. The molecule has 1 amide bonds. The smallest absolute Gasteiger partial charge is 0.237 e. The predicted molar refractivity (Wildman–Crippen MR) is 74.8 cm³/mol. The van der Waals surface area contributed by atoms with E-state index < -0.39 is 16.3 Å². The molecule has 1 fully saturated rings. The van der Waals surface area contributed by atoms with E-state index >= 15 is 0 Å². The van der Waals surface area contributed by atoms with Gasteiger partial charge in [0.15, 0.2) is 0 Å². The Hall–Kier alpha value is -0.460. The van der Waals surface area contributed by atoms with Gasteiger partial charge in [-0.15, -0.1) is 0 Å². The van der Waals surface area contributed by atoms with E-state index in [0.29, 0.717) is 0 Å². The Morgan fingerprint density at radius 2 is 2.00 bits per heavy atom. The number of primary amides is 1. The highest BCUT2D eigenvalue weighted by atomic mass is 32.2. The number of hydrogen-bond acceptors (Lipinski definition) is 4. The van der Waals surface area contributed by atoms with Crippen LogP contribution in [0.5, 0.6) is 0 Å². The van der Waals surface area contributed by atoms with Crippen LogP contribution in [-0.2, 0) is 15.6 Å². The number of nitrogens with zero attached hydrogens (tertiary/aromatic N) is 1. The molecule has 0 aromatic heterocycles. The Kier molecular flexibility index (Phi) is 6.25. The lowest BCUT2D eigenvalue weighted by Gasteiger charge is -2.28. The predicted octanol–water partition coefficient (Wildman–Crippen LogP) is -0.316. The molecular formula is C12H25N3O2S. The van der Waals surface area contributed by atoms with Crippen LogP contribution in [0.1, 0.15) is 26.2 Å². The minimum atomic E-state index is -0.603. The lowest BCUT2D eigenvalue weighted by atomic mass is 9.94. The van der Waals surface area contributed by atoms with E-state index in [1.807, 2.05) is 6.92 Å². The van der Waals surface area contributed by atoms with Crippen LogP contribution in [0.4, 0.5) is 0 Å². The summed E-state index contributed by atoms with van der Waals surface area (Å²) < 4.78 is 11.2. The van der Waals surface area contributed by atoms with E-state index in [9.17, 15) is 9.00 Å². The molecule has 1 saturated heterocycles. The number of unbranched alkanes of at least 4 members (excludes halogenated alkanes) is 1. The first-order chi connectivity index (χ1) is 8.48. The summed E-state index contributed by atoms with van der Waals surface area (Å²) in [5.41, 5.74) is 4.78. The number of nitrogens with one attached hydrogen (secondary N) is 1. The van der Waals surface area contributed by atoms with Gasteiger partial charge in [-0.1, -0.05) is 0 Å². The lowest BCUT2D eigenvalue weighted by Crippen LogP contribution is -2.51. The fraction of sp³-hybridized carbons (Fsp3) is 0.917. The number of nitrogens with two attached hydrogens (primary N) is 1. The zero-order valence-corrected chi connectivity index (χ0v) is 12.2. The third-order valence-electron chi connectivity index (χ3n) is 3.77. The van der Waals surface area contributed by atoms with Crippen molar-refractivity contribution < 1.29 is 9.00 Å². The Bertz CT molecular complexity index is 302. The largest absolute Gasteiger partial charge is 0.368 e. The summed E-state index contributed by atoms with van der Waals surface area (Å²) in [5.74, 6) is 1.31. The van der Waals surface area contributed by atoms with Crippen molar-refractivity contribution in [2.45, 2.75) is 31.7 Å². The highest BCUT2D eigenvalue weighted by Gasteiger charge is 2.28. The molecule has 106 valence electrons. The molecular weight excluding hydrogens is 250 g/mol. The molecule has 1 atom stereocenters. The van der Waals surface area contributed by atoms with Crippen molar-refractivity contribution in [3.05, 3.63) is 0 Å². The van der Waals surface area contributed by atoms with Crippen LogP contribution in [0.25, 0.3) is 0 Å². The minimum Gasteiger partial charge on any atom is -0.368 e. The summed E-state index contributed by atoms with van der Waals surface area (Å²) in [7, 11) is 1.17. The molecule has 1 unspecified atom stereocenters. The van der Waals surface area contributed by atoms with Gasteiger partial charge in [0, 0.05) is 35.4 Å². The van der Waals surface area contributed by atoms with E-state index in [0.717, 1.165) is 50.4 Å². The van der Waals surface area contributed by atoms with Crippen LogP contribution in [0.3, 0.4) is 0 Å².